The molecular formula is C27H28FN5O6S2. The number of halogens is 1. The van der Waals surface area contributed by atoms with Gasteiger partial charge in [-0.2, -0.15) is 5.26 Å². The number of carbonyl (C=O) groups excluding carboxylic acids is 3. The first-order valence-electron chi connectivity index (χ1n) is 12.8. The standard InChI is InChI=1S/C27H28FN5O6S2/c1-39-11-12-41(37,38)24(26(36)31-15-23(34)32-18-7-8-18)27-33-21-14-20(28)19(13-22(21)40-27)16-3-5-17(6-4-16)25(35)30-10-2-9-29/h3-6,13-14,18,24H,2,7-8,10-12,15H2,1H3,(H,30,35)(H,31,36)(H,32,34). The predicted molar refractivity (Wildman–Crippen MR) is 150 cm³/mol. The quantitative estimate of drug-likeness (QED) is 0.251. The van der Waals surface area contributed by atoms with Crippen LogP contribution < -0.4 is 16.0 Å². The number of amides is 3. The highest BCUT2D eigenvalue weighted by atomic mass is 32.2. The van der Waals surface area contributed by atoms with Crippen molar-refractivity contribution >= 4 is 49.1 Å². The van der Waals surface area contributed by atoms with E-state index < -0.39 is 38.5 Å². The molecule has 1 heterocycles. The number of thiazole rings is 1. The number of benzene rings is 2. The molecule has 3 aromatic rings. The van der Waals surface area contributed by atoms with Crippen LogP contribution in [0.5, 0.6) is 0 Å². The van der Waals surface area contributed by atoms with Gasteiger partial charge < -0.3 is 20.7 Å². The molecule has 1 aliphatic rings. The van der Waals surface area contributed by atoms with E-state index in [0.29, 0.717) is 15.8 Å². The third-order valence-corrected chi connectivity index (χ3v) is 9.36. The lowest BCUT2D eigenvalue weighted by Crippen LogP contribution is -2.41. The highest BCUT2D eigenvalue weighted by Gasteiger charge is 2.37. The number of hydrogen-bond acceptors (Lipinski definition) is 9. The molecule has 1 aliphatic carbocycles. The van der Waals surface area contributed by atoms with E-state index in [1.165, 1.54) is 25.3 Å². The van der Waals surface area contributed by atoms with Gasteiger partial charge in [-0.1, -0.05) is 12.1 Å². The van der Waals surface area contributed by atoms with Gasteiger partial charge in [0, 0.05) is 36.9 Å². The molecule has 0 bridgehead atoms. The van der Waals surface area contributed by atoms with Crippen LogP contribution in [0.25, 0.3) is 21.3 Å². The van der Waals surface area contributed by atoms with Gasteiger partial charge in [0.25, 0.3) is 5.91 Å². The molecule has 1 atom stereocenters. The zero-order chi connectivity index (χ0) is 29.6. The first-order valence-corrected chi connectivity index (χ1v) is 15.3. The van der Waals surface area contributed by atoms with Gasteiger partial charge in [0.15, 0.2) is 15.1 Å². The lowest BCUT2D eigenvalue weighted by Gasteiger charge is -2.15. The number of aromatic nitrogens is 1. The van der Waals surface area contributed by atoms with Gasteiger partial charge in [-0.15, -0.1) is 11.3 Å². The molecule has 3 amide bonds. The van der Waals surface area contributed by atoms with Crippen LogP contribution in [0.3, 0.4) is 0 Å². The summed E-state index contributed by atoms with van der Waals surface area (Å²) < 4.78 is 46.8. The van der Waals surface area contributed by atoms with E-state index in [1.54, 1.807) is 12.1 Å². The first-order chi connectivity index (χ1) is 19.6. The van der Waals surface area contributed by atoms with E-state index in [9.17, 15) is 22.8 Å². The Morgan fingerprint density at radius 3 is 2.59 bits per heavy atom. The smallest absolute Gasteiger partial charge is 0.251 e. The Labute approximate surface area is 240 Å². The third-order valence-electron chi connectivity index (χ3n) is 6.23. The zero-order valence-electron chi connectivity index (χ0n) is 22.1. The van der Waals surface area contributed by atoms with Crippen LogP contribution in [0.1, 0.15) is 39.9 Å². The molecule has 3 N–H and O–H groups in total. The van der Waals surface area contributed by atoms with E-state index in [-0.39, 0.29) is 54.2 Å². The van der Waals surface area contributed by atoms with E-state index >= 15 is 4.39 Å². The van der Waals surface area contributed by atoms with Gasteiger partial charge in [0.05, 0.1) is 41.6 Å². The highest BCUT2D eigenvalue weighted by Crippen LogP contribution is 2.35. The summed E-state index contributed by atoms with van der Waals surface area (Å²) in [6, 6.07) is 10.9. The SMILES string of the molecule is COCCS(=O)(=O)C(C(=O)NCC(=O)NC1CC1)c1nc2cc(F)c(-c3ccc(C(=O)NCCC#N)cc3)cc2s1. The monoisotopic (exact) mass is 601 g/mol. The summed E-state index contributed by atoms with van der Waals surface area (Å²) in [6.07, 6.45) is 1.90. The van der Waals surface area contributed by atoms with Gasteiger partial charge in [0.1, 0.15) is 10.8 Å². The lowest BCUT2D eigenvalue weighted by molar-refractivity contribution is -0.126. The molecule has 0 radical (unpaired) electrons. The van der Waals surface area contributed by atoms with Crippen molar-refractivity contribution in [2.24, 2.45) is 0 Å². The van der Waals surface area contributed by atoms with Gasteiger partial charge in [0.2, 0.25) is 11.8 Å². The van der Waals surface area contributed by atoms with Gasteiger partial charge in [-0.25, -0.2) is 17.8 Å². The maximum Gasteiger partial charge on any atom is 0.251 e. The van der Waals surface area contributed by atoms with Crippen molar-refractivity contribution in [2.75, 3.05) is 32.6 Å². The maximum absolute atomic E-state index is 15.2. The van der Waals surface area contributed by atoms with Crippen molar-refractivity contribution < 1.29 is 31.9 Å². The molecule has 11 nitrogen and oxygen atoms in total. The van der Waals surface area contributed by atoms with E-state index in [4.69, 9.17) is 10.00 Å². The molecule has 1 aromatic heterocycles. The number of nitrogens with one attached hydrogen (secondary N) is 3. The van der Waals surface area contributed by atoms with Gasteiger partial charge in [-0.3, -0.25) is 14.4 Å². The number of methoxy groups -OCH3 is 1. The van der Waals surface area contributed by atoms with Crippen LogP contribution in [0.15, 0.2) is 36.4 Å². The average Bonchev–Trinajstić information content (AvgIpc) is 3.67. The van der Waals surface area contributed by atoms with Crippen molar-refractivity contribution in [2.45, 2.75) is 30.6 Å². The predicted octanol–water partition coefficient (Wildman–Crippen LogP) is 2.24. The summed E-state index contributed by atoms with van der Waals surface area (Å²) in [4.78, 5) is 41.6. The Morgan fingerprint density at radius 2 is 1.93 bits per heavy atom. The van der Waals surface area contributed by atoms with Crippen LogP contribution in [-0.2, 0) is 24.2 Å². The van der Waals surface area contributed by atoms with Gasteiger partial charge >= 0.3 is 0 Å². The number of fused-ring (bicyclic) bond motifs is 1. The van der Waals surface area contributed by atoms with Crippen LogP contribution in [0.2, 0.25) is 0 Å². The summed E-state index contributed by atoms with van der Waals surface area (Å²) in [6.45, 7) is -0.324. The van der Waals surface area contributed by atoms with E-state index in [2.05, 4.69) is 20.9 Å². The molecule has 1 fully saturated rings. The number of nitriles is 1. The molecule has 0 saturated heterocycles. The van der Waals surface area contributed by atoms with E-state index in [1.807, 2.05) is 6.07 Å². The molecule has 1 unspecified atom stereocenters. The molecule has 0 spiro atoms. The normalized spacial score (nSPS) is 13.8. The van der Waals surface area contributed by atoms with Gasteiger partial charge in [-0.05, 0) is 36.6 Å². The summed E-state index contributed by atoms with van der Waals surface area (Å²) in [7, 11) is -2.77. The number of hydrogen-bond donors (Lipinski definition) is 3. The highest BCUT2D eigenvalue weighted by molar-refractivity contribution is 7.92. The molecule has 1 saturated carbocycles. The van der Waals surface area contributed by atoms with Crippen molar-refractivity contribution in [3.05, 3.63) is 52.8 Å². The number of sulfone groups is 1. The molecule has 0 aliphatic heterocycles. The zero-order valence-corrected chi connectivity index (χ0v) is 23.7. The van der Waals surface area contributed by atoms with Crippen molar-refractivity contribution in [3.8, 4) is 17.2 Å². The number of carbonyl (C=O) groups is 3. The summed E-state index contributed by atoms with van der Waals surface area (Å²) in [5.41, 5.74) is 1.18. The molecule has 14 heteroatoms. The Balaban J connectivity index is 1.60. The Morgan fingerprint density at radius 1 is 1.20 bits per heavy atom. The fourth-order valence-electron chi connectivity index (χ4n) is 3.95. The van der Waals surface area contributed by atoms with Crippen molar-refractivity contribution in [1.29, 1.82) is 5.26 Å². The minimum absolute atomic E-state index is 0.0582. The molecule has 216 valence electrons. The maximum atomic E-state index is 15.2. The third kappa shape index (κ3) is 7.63. The van der Waals surface area contributed by atoms with Crippen molar-refractivity contribution in [1.82, 2.24) is 20.9 Å². The fourth-order valence-corrected chi connectivity index (χ4v) is 6.90. The second-order valence-corrected chi connectivity index (χ2v) is 12.7. The lowest BCUT2D eigenvalue weighted by atomic mass is 10.0. The first kappa shape index (κ1) is 30.0. The Kier molecular flexibility index (Phi) is 9.64. The average molecular weight is 602 g/mol. The molecule has 4 rings (SSSR count). The number of ether oxygens (including phenoxy) is 1. The second-order valence-electron chi connectivity index (χ2n) is 9.39. The second kappa shape index (κ2) is 13.2. The van der Waals surface area contributed by atoms with Crippen LogP contribution >= 0.6 is 11.3 Å². The largest absolute Gasteiger partial charge is 0.384 e. The molecule has 41 heavy (non-hydrogen) atoms. The van der Waals surface area contributed by atoms with Crippen LogP contribution in [-0.4, -0.2) is 69.7 Å². The minimum Gasteiger partial charge on any atom is -0.384 e. The van der Waals surface area contributed by atoms with E-state index in [0.717, 1.165) is 30.2 Å². The number of rotatable bonds is 13. The Bertz CT molecular complexity index is 1600. The Hall–Kier alpha value is -3.93. The van der Waals surface area contributed by atoms with Crippen LogP contribution in [0, 0.1) is 17.1 Å². The van der Waals surface area contributed by atoms with Crippen molar-refractivity contribution in [3.63, 3.8) is 0 Å². The fraction of sp³-hybridized carbons (Fsp3) is 0.370. The summed E-state index contributed by atoms with van der Waals surface area (Å²) in [5, 5.41) is 14.6. The topological polar surface area (TPSA) is 167 Å². The molecular weight excluding hydrogens is 573 g/mol. The number of nitrogens with zero attached hydrogens (tertiary/aromatic N) is 2. The summed E-state index contributed by atoms with van der Waals surface area (Å²) >= 11 is 0.936. The molecule has 2 aromatic carbocycles. The van der Waals surface area contributed by atoms with Crippen LogP contribution in [0.4, 0.5) is 4.39 Å². The summed E-state index contributed by atoms with van der Waals surface area (Å²) in [5.74, 6) is -2.77. The minimum atomic E-state index is -4.11.